The lowest BCUT2D eigenvalue weighted by Gasteiger charge is -2.61. The lowest BCUT2D eigenvalue weighted by Crippen LogP contribution is -2.51. The van der Waals surface area contributed by atoms with Crippen LogP contribution in [0.4, 0.5) is 0 Å². The Kier molecular flexibility index (Phi) is 1.69. The van der Waals surface area contributed by atoms with Gasteiger partial charge in [0.05, 0.1) is 0 Å². The zero-order valence-electron chi connectivity index (χ0n) is 9.04. The van der Waals surface area contributed by atoms with E-state index in [2.05, 4.69) is 0 Å². The van der Waals surface area contributed by atoms with Gasteiger partial charge in [0.1, 0.15) is 0 Å². The average Bonchev–Trinajstić information content (AvgIpc) is 1.95. The first-order valence-electron chi connectivity index (χ1n) is 6.59. The molecule has 0 spiro atoms. The minimum atomic E-state index is 0.528. The van der Waals surface area contributed by atoms with E-state index in [0.717, 1.165) is 5.16 Å². The molecule has 5 rings (SSSR count). The van der Waals surface area contributed by atoms with Gasteiger partial charge in [-0.25, -0.2) is 0 Å². The fraction of sp³-hybridized carbons (Fsp3) is 1.00. The fourth-order valence-electron chi connectivity index (χ4n) is 5.24. The quantitative estimate of drug-likeness (QED) is 0.574. The number of hydrogen-bond acceptors (Lipinski definition) is 0. The molecule has 0 N–H and O–H groups in total. The fourth-order valence-corrected chi connectivity index (χ4v) is 8.37. The molecule has 1 saturated heterocycles. The number of hydrogen-bond donors (Lipinski definition) is 0. The third kappa shape index (κ3) is 1.04. The van der Waals surface area contributed by atoms with E-state index >= 15 is 0 Å². The lowest BCUT2D eigenvalue weighted by molar-refractivity contribution is 0.0350. The Morgan fingerprint density at radius 1 is 0.786 bits per heavy atom. The van der Waals surface area contributed by atoms with Crippen molar-refractivity contribution in [1.82, 2.24) is 0 Å². The van der Waals surface area contributed by atoms with Crippen LogP contribution in [0.2, 0.25) is 0 Å². The minimum absolute atomic E-state index is 0.528. The molecule has 0 aromatic rings. The Balaban J connectivity index is 1.66. The SMILES string of the molecule is C1CP(C23CC4CC(CC(C4)C2)C3)C1. The molecule has 1 aliphatic heterocycles. The van der Waals surface area contributed by atoms with Gasteiger partial charge < -0.3 is 0 Å². The summed E-state index contributed by atoms with van der Waals surface area (Å²) in [6.45, 7) is 0. The van der Waals surface area contributed by atoms with Crippen molar-refractivity contribution in [2.75, 3.05) is 12.3 Å². The van der Waals surface area contributed by atoms with Gasteiger partial charge in [-0.1, -0.05) is 0 Å². The van der Waals surface area contributed by atoms with E-state index in [1.165, 1.54) is 17.8 Å². The maximum atomic E-state index is 1.67. The topological polar surface area (TPSA) is 0 Å². The van der Waals surface area contributed by atoms with Crippen molar-refractivity contribution in [3.05, 3.63) is 0 Å². The zero-order valence-corrected chi connectivity index (χ0v) is 9.94. The summed E-state index contributed by atoms with van der Waals surface area (Å²) in [4.78, 5) is 0. The molecule has 4 aliphatic carbocycles. The number of rotatable bonds is 1. The van der Waals surface area contributed by atoms with Gasteiger partial charge in [0.15, 0.2) is 0 Å². The molecule has 5 fully saturated rings. The van der Waals surface area contributed by atoms with Gasteiger partial charge in [-0.15, -0.1) is 7.92 Å². The third-order valence-corrected chi connectivity index (χ3v) is 9.13. The van der Waals surface area contributed by atoms with Crippen molar-refractivity contribution in [3.63, 3.8) is 0 Å². The summed E-state index contributed by atoms with van der Waals surface area (Å²) >= 11 is 0. The molecule has 0 aromatic heterocycles. The normalized spacial score (nSPS) is 56.1. The van der Waals surface area contributed by atoms with Crippen molar-refractivity contribution < 1.29 is 0 Å². The molecule has 0 atom stereocenters. The van der Waals surface area contributed by atoms with Gasteiger partial charge in [0.2, 0.25) is 0 Å². The first-order chi connectivity index (χ1) is 6.84. The van der Waals surface area contributed by atoms with Gasteiger partial charge in [-0.2, -0.15) is 0 Å². The van der Waals surface area contributed by atoms with Crippen LogP contribution in [0.15, 0.2) is 0 Å². The summed E-state index contributed by atoms with van der Waals surface area (Å²) in [5.41, 5.74) is 0. The molecular weight excluding hydrogens is 187 g/mol. The van der Waals surface area contributed by atoms with E-state index < -0.39 is 0 Å². The predicted octanol–water partition coefficient (Wildman–Crippen LogP) is 3.84. The van der Waals surface area contributed by atoms with Crippen LogP contribution in [0.5, 0.6) is 0 Å². The minimum Gasteiger partial charge on any atom is -0.100 e. The molecule has 1 heteroatoms. The molecule has 0 aromatic carbocycles. The van der Waals surface area contributed by atoms with Crippen LogP contribution >= 0.6 is 7.92 Å². The van der Waals surface area contributed by atoms with Crippen LogP contribution < -0.4 is 0 Å². The third-order valence-electron chi connectivity index (χ3n) is 5.53. The highest BCUT2D eigenvalue weighted by molar-refractivity contribution is 7.60. The Bertz CT molecular complexity index is 219. The Hall–Kier alpha value is 0.430. The molecule has 5 aliphatic rings. The van der Waals surface area contributed by atoms with E-state index in [1.54, 1.807) is 57.3 Å². The van der Waals surface area contributed by atoms with Crippen molar-refractivity contribution in [2.24, 2.45) is 17.8 Å². The van der Waals surface area contributed by atoms with Gasteiger partial charge in [0, 0.05) is 0 Å². The second-order valence-electron chi connectivity index (χ2n) is 6.48. The second-order valence-corrected chi connectivity index (χ2v) is 9.41. The first kappa shape index (κ1) is 8.57. The average molecular weight is 208 g/mol. The molecule has 78 valence electrons. The maximum absolute atomic E-state index is 1.67. The summed E-state index contributed by atoms with van der Waals surface area (Å²) in [6, 6.07) is 0. The summed E-state index contributed by atoms with van der Waals surface area (Å²) in [5.74, 6) is 3.55. The van der Waals surface area contributed by atoms with Gasteiger partial charge in [-0.05, 0) is 80.2 Å². The second kappa shape index (κ2) is 2.76. The predicted molar refractivity (Wildman–Crippen MR) is 62.2 cm³/mol. The molecule has 14 heavy (non-hydrogen) atoms. The Morgan fingerprint density at radius 2 is 1.29 bits per heavy atom. The van der Waals surface area contributed by atoms with E-state index in [1.807, 2.05) is 0 Å². The van der Waals surface area contributed by atoms with Crippen LogP contribution in [-0.2, 0) is 0 Å². The van der Waals surface area contributed by atoms with E-state index in [4.69, 9.17) is 0 Å². The van der Waals surface area contributed by atoms with Gasteiger partial charge in [-0.3, -0.25) is 0 Å². The molecule has 0 radical (unpaired) electrons. The largest absolute Gasteiger partial charge is 0.100 e. The molecule has 0 amide bonds. The first-order valence-corrected chi connectivity index (χ1v) is 8.30. The Labute approximate surface area is 88.6 Å². The highest BCUT2D eigenvalue weighted by Gasteiger charge is 2.54. The standard InChI is InChI=1S/C13H21P/c1-2-14(3-1)13-7-10-4-11(8-13)6-12(5-10)9-13/h10-12H,1-9H2. The lowest BCUT2D eigenvalue weighted by atomic mass is 9.56. The summed E-state index contributed by atoms with van der Waals surface area (Å²) in [5, 5.41) is 0.961. The highest BCUT2D eigenvalue weighted by Crippen LogP contribution is 2.71. The molecule has 4 saturated carbocycles. The van der Waals surface area contributed by atoms with Crippen LogP contribution in [0.1, 0.15) is 44.9 Å². The highest BCUT2D eigenvalue weighted by atomic mass is 31.1. The van der Waals surface area contributed by atoms with E-state index in [0.29, 0.717) is 7.92 Å². The van der Waals surface area contributed by atoms with Crippen molar-refractivity contribution in [2.45, 2.75) is 50.1 Å². The smallest absolute Gasteiger partial charge is 0.00865 e. The van der Waals surface area contributed by atoms with Crippen molar-refractivity contribution in [3.8, 4) is 0 Å². The van der Waals surface area contributed by atoms with Crippen molar-refractivity contribution >= 4 is 7.92 Å². The van der Waals surface area contributed by atoms with Crippen LogP contribution in [0.3, 0.4) is 0 Å². The summed E-state index contributed by atoms with van der Waals surface area (Å²) in [6.07, 6.45) is 14.8. The van der Waals surface area contributed by atoms with Crippen LogP contribution in [0, 0.1) is 17.8 Å². The van der Waals surface area contributed by atoms with Crippen molar-refractivity contribution in [1.29, 1.82) is 0 Å². The van der Waals surface area contributed by atoms with Gasteiger partial charge >= 0.3 is 0 Å². The summed E-state index contributed by atoms with van der Waals surface area (Å²) < 4.78 is 0. The van der Waals surface area contributed by atoms with E-state index in [9.17, 15) is 0 Å². The zero-order chi connectivity index (χ0) is 9.17. The van der Waals surface area contributed by atoms with Crippen LogP contribution in [0.25, 0.3) is 0 Å². The molecule has 0 unspecified atom stereocenters. The van der Waals surface area contributed by atoms with E-state index in [-0.39, 0.29) is 0 Å². The monoisotopic (exact) mass is 208 g/mol. The van der Waals surface area contributed by atoms with Crippen LogP contribution in [-0.4, -0.2) is 17.5 Å². The maximum Gasteiger partial charge on any atom is -0.00865 e. The molecule has 4 bridgehead atoms. The molecule has 0 nitrogen and oxygen atoms in total. The Morgan fingerprint density at radius 3 is 1.64 bits per heavy atom. The molecule has 1 heterocycles. The summed E-state index contributed by atoms with van der Waals surface area (Å²) in [7, 11) is 0.528. The van der Waals surface area contributed by atoms with Gasteiger partial charge in [0.25, 0.3) is 0 Å². The molecular formula is C13H21P.